The number of nitrogens with zero attached hydrogens (tertiary/aromatic N) is 4. The van der Waals surface area contributed by atoms with Crippen LogP contribution in [0.2, 0.25) is 0 Å². The maximum Gasteiger partial charge on any atom is 0.260 e. The number of anilines is 1. The van der Waals surface area contributed by atoms with Gasteiger partial charge in [-0.3, -0.25) is 9.69 Å². The Morgan fingerprint density at radius 2 is 1.58 bits per heavy atom. The van der Waals surface area contributed by atoms with E-state index in [9.17, 15) is 22.0 Å². The molecule has 3 aromatic rings. The second kappa shape index (κ2) is 12.6. The van der Waals surface area contributed by atoms with E-state index in [1.807, 2.05) is 46.7 Å². The first-order valence-electron chi connectivity index (χ1n) is 12.6. The third kappa shape index (κ3) is 7.34. The molecule has 3 rings (SSSR count). The number of carbonyl (C=O) groups is 1. The highest BCUT2D eigenvalue weighted by Gasteiger charge is 2.27. The molecule has 0 aliphatic carbocycles. The molecule has 38 heavy (non-hydrogen) atoms. The van der Waals surface area contributed by atoms with Crippen LogP contribution in [0.5, 0.6) is 0 Å². The Hall–Kier alpha value is -2.47. The number of thiazole rings is 1. The highest BCUT2D eigenvalue weighted by atomic mass is 32.2. The Morgan fingerprint density at radius 1 is 0.974 bits per heavy atom. The number of aromatic nitrogens is 1. The van der Waals surface area contributed by atoms with Gasteiger partial charge in [-0.2, -0.15) is 4.31 Å². The number of amides is 1. The van der Waals surface area contributed by atoms with Gasteiger partial charge in [-0.15, -0.1) is 0 Å². The molecule has 7 nitrogen and oxygen atoms in total. The molecule has 11 heteroatoms. The van der Waals surface area contributed by atoms with Crippen molar-refractivity contribution in [2.24, 2.45) is 11.8 Å². The van der Waals surface area contributed by atoms with Crippen molar-refractivity contribution in [3.63, 3.8) is 0 Å². The lowest BCUT2D eigenvalue weighted by atomic mass is 10.2. The largest absolute Gasteiger partial charge is 0.309 e. The Morgan fingerprint density at radius 3 is 2.13 bits per heavy atom. The lowest BCUT2D eigenvalue weighted by Gasteiger charge is -2.26. The molecule has 0 N–H and O–H groups in total. The molecule has 2 aromatic carbocycles. The smallest absolute Gasteiger partial charge is 0.260 e. The summed E-state index contributed by atoms with van der Waals surface area (Å²) in [7, 11) is 0.0988. The van der Waals surface area contributed by atoms with Crippen molar-refractivity contribution in [2.75, 3.05) is 45.2 Å². The van der Waals surface area contributed by atoms with E-state index in [0.717, 1.165) is 17.4 Å². The monoisotopic (exact) mass is 566 g/mol. The van der Waals surface area contributed by atoms with Gasteiger partial charge in [-0.05, 0) is 69.2 Å². The maximum atomic E-state index is 14.3. The van der Waals surface area contributed by atoms with Gasteiger partial charge in [0.25, 0.3) is 5.91 Å². The summed E-state index contributed by atoms with van der Waals surface area (Å²) in [5.74, 6) is -1.57. The number of halogens is 2. The molecule has 0 atom stereocenters. The molecular formula is C27H36F2N4O3S2. The fourth-order valence-electron chi connectivity index (χ4n) is 4.05. The fraction of sp³-hybridized carbons (Fsp3) is 0.481. The van der Waals surface area contributed by atoms with Gasteiger partial charge in [0, 0.05) is 31.3 Å². The third-order valence-electron chi connectivity index (χ3n) is 5.74. The summed E-state index contributed by atoms with van der Waals surface area (Å²) >= 11 is 1.04. The molecule has 1 aromatic heterocycles. The zero-order valence-electron chi connectivity index (χ0n) is 22.7. The normalized spacial score (nSPS) is 12.4. The van der Waals surface area contributed by atoms with E-state index >= 15 is 0 Å². The summed E-state index contributed by atoms with van der Waals surface area (Å²) in [6.07, 6.45) is 0.622. The predicted octanol–water partition coefficient (Wildman–Crippen LogP) is 5.48. The summed E-state index contributed by atoms with van der Waals surface area (Å²) in [5, 5.41) is 0.255. The summed E-state index contributed by atoms with van der Waals surface area (Å²) in [5.41, 5.74) is 0.285. The van der Waals surface area contributed by atoms with Crippen LogP contribution in [0.4, 0.5) is 13.9 Å². The lowest BCUT2D eigenvalue weighted by Crippen LogP contribution is -2.37. The van der Waals surface area contributed by atoms with E-state index in [2.05, 4.69) is 4.98 Å². The minimum absolute atomic E-state index is 0.00801. The average molecular weight is 567 g/mol. The molecule has 0 aliphatic heterocycles. The van der Waals surface area contributed by atoms with Gasteiger partial charge in [0.2, 0.25) is 10.0 Å². The highest BCUT2D eigenvalue weighted by molar-refractivity contribution is 7.89. The van der Waals surface area contributed by atoms with Crippen LogP contribution in [0.25, 0.3) is 10.2 Å². The van der Waals surface area contributed by atoms with Gasteiger partial charge in [-0.1, -0.05) is 39.0 Å². The second-order valence-electron chi connectivity index (χ2n) is 10.5. The van der Waals surface area contributed by atoms with E-state index in [1.165, 1.54) is 39.5 Å². The van der Waals surface area contributed by atoms with Gasteiger partial charge in [0.1, 0.15) is 11.3 Å². The second-order valence-corrected chi connectivity index (χ2v) is 13.4. The van der Waals surface area contributed by atoms with Crippen LogP contribution < -0.4 is 4.90 Å². The zero-order valence-corrected chi connectivity index (χ0v) is 24.4. The minimum Gasteiger partial charge on any atom is -0.309 e. The molecule has 208 valence electrons. The van der Waals surface area contributed by atoms with E-state index < -0.39 is 27.6 Å². The average Bonchev–Trinajstić information content (AvgIpc) is 3.24. The van der Waals surface area contributed by atoms with Crippen LogP contribution >= 0.6 is 11.3 Å². The van der Waals surface area contributed by atoms with E-state index in [4.69, 9.17) is 0 Å². The molecular weight excluding hydrogens is 530 g/mol. The van der Waals surface area contributed by atoms with E-state index in [0.29, 0.717) is 37.3 Å². The SMILES string of the molecule is CC(C)CN(CC(C)C)S(=O)(=O)c1ccc(C(=O)N(CCCN(C)C)c2nc3c(F)cc(F)cc3s2)cc1. The fourth-order valence-corrected chi connectivity index (χ4v) is 6.85. The summed E-state index contributed by atoms with van der Waals surface area (Å²) in [6.45, 7) is 9.68. The van der Waals surface area contributed by atoms with Crippen molar-refractivity contribution in [2.45, 2.75) is 39.0 Å². The predicted molar refractivity (Wildman–Crippen MR) is 149 cm³/mol. The first-order valence-corrected chi connectivity index (χ1v) is 14.9. The third-order valence-corrected chi connectivity index (χ3v) is 8.61. The number of benzene rings is 2. The molecule has 0 spiro atoms. The van der Waals surface area contributed by atoms with Gasteiger partial charge in [0.15, 0.2) is 10.9 Å². The number of fused-ring (bicyclic) bond motifs is 1. The molecule has 0 aliphatic rings. The standard InChI is InChI=1S/C27H36F2N4O3S2/c1-18(2)16-32(17-19(3)4)38(35,36)22-10-8-20(9-11-22)26(34)33(13-7-12-31(5)6)27-30-25-23(29)14-21(28)15-24(25)37-27/h8-11,14-15,18-19H,7,12-13,16-17H2,1-6H3. The van der Waals surface area contributed by atoms with Crippen molar-refractivity contribution < 1.29 is 22.0 Å². The van der Waals surface area contributed by atoms with Crippen molar-refractivity contribution in [1.29, 1.82) is 0 Å². The van der Waals surface area contributed by atoms with Gasteiger partial charge < -0.3 is 4.90 Å². The molecule has 0 saturated carbocycles. The van der Waals surface area contributed by atoms with Crippen molar-refractivity contribution in [3.8, 4) is 0 Å². The molecule has 0 radical (unpaired) electrons. The number of hydrogen-bond donors (Lipinski definition) is 0. The van der Waals surface area contributed by atoms with Crippen molar-refractivity contribution in [1.82, 2.24) is 14.2 Å². The van der Waals surface area contributed by atoms with Gasteiger partial charge in [-0.25, -0.2) is 22.2 Å². The Labute approximate surface area is 228 Å². The van der Waals surface area contributed by atoms with Crippen LogP contribution in [0.15, 0.2) is 41.3 Å². The quantitative estimate of drug-likeness (QED) is 0.291. The highest BCUT2D eigenvalue weighted by Crippen LogP contribution is 2.32. The summed E-state index contributed by atoms with van der Waals surface area (Å²) < 4.78 is 56.6. The Bertz CT molecular complexity index is 1350. The van der Waals surface area contributed by atoms with Crippen LogP contribution in [0.1, 0.15) is 44.5 Å². The van der Waals surface area contributed by atoms with Gasteiger partial charge >= 0.3 is 0 Å². The summed E-state index contributed by atoms with van der Waals surface area (Å²) in [4.78, 5) is 21.4. The van der Waals surface area contributed by atoms with Crippen LogP contribution in [-0.2, 0) is 10.0 Å². The van der Waals surface area contributed by atoms with Crippen LogP contribution in [0.3, 0.4) is 0 Å². The molecule has 1 heterocycles. The first-order chi connectivity index (χ1) is 17.8. The molecule has 0 saturated heterocycles. The topological polar surface area (TPSA) is 73.8 Å². The Balaban J connectivity index is 1.93. The van der Waals surface area contributed by atoms with E-state index in [-0.39, 0.29) is 32.9 Å². The molecule has 0 bridgehead atoms. The number of sulfonamides is 1. The Kier molecular flexibility index (Phi) is 9.96. The van der Waals surface area contributed by atoms with Crippen LogP contribution in [0, 0.1) is 23.5 Å². The van der Waals surface area contributed by atoms with Crippen LogP contribution in [-0.4, -0.2) is 68.8 Å². The van der Waals surface area contributed by atoms with Gasteiger partial charge in [0.05, 0.1) is 9.60 Å². The molecule has 0 fully saturated rings. The minimum atomic E-state index is -3.74. The van der Waals surface area contributed by atoms with E-state index in [1.54, 1.807) is 0 Å². The van der Waals surface area contributed by atoms with Crippen molar-refractivity contribution >= 4 is 42.6 Å². The maximum absolute atomic E-state index is 14.3. The molecule has 0 unspecified atom stereocenters. The number of carbonyl (C=O) groups excluding carboxylic acids is 1. The first kappa shape index (κ1) is 30.1. The number of rotatable bonds is 12. The zero-order chi connectivity index (χ0) is 28.2. The molecule has 1 amide bonds. The number of hydrogen-bond acceptors (Lipinski definition) is 6. The lowest BCUT2D eigenvalue weighted by molar-refractivity contribution is 0.0986. The summed E-state index contributed by atoms with van der Waals surface area (Å²) in [6, 6.07) is 7.84. The van der Waals surface area contributed by atoms with Crippen molar-refractivity contribution in [3.05, 3.63) is 53.6 Å².